The molecule has 2 nitrogen and oxygen atoms in total. The number of anilines is 1. The van der Waals surface area contributed by atoms with Gasteiger partial charge in [-0.3, -0.25) is 4.72 Å². The van der Waals surface area contributed by atoms with Crippen LogP contribution < -0.4 is 9.03 Å². The van der Waals surface area contributed by atoms with Gasteiger partial charge < -0.3 is 4.31 Å². The van der Waals surface area contributed by atoms with Crippen LogP contribution in [0.4, 0.5) is 18.9 Å². The van der Waals surface area contributed by atoms with Gasteiger partial charge in [0, 0.05) is 28.3 Å². The maximum Gasteiger partial charge on any atom is 0.147 e. The van der Waals surface area contributed by atoms with Crippen LogP contribution in [0.15, 0.2) is 65.6 Å². The minimum atomic E-state index is -0.529. The Morgan fingerprint density at radius 3 is 2.38 bits per heavy atom. The first-order chi connectivity index (χ1) is 16.4. The van der Waals surface area contributed by atoms with Gasteiger partial charge in [-0.2, -0.15) is 0 Å². The lowest BCUT2D eigenvalue weighted by Gasteiger charge is -2.32. The first-order valence-corrected chi connectivity index (χ1v) is 13.3. The molecule has 3 rings (SSSR count). The lowest BCUT2D eigenvalue weighted by molar-refractivity contribution is 0.595. The van der Waals surface area contributed by atoms with E-state index in [1.54, 1.807) is 40.5 Å². The Hall–Kier alpha value is -1.80. The third kappa shape index (κ3) is 7.60. The molecular weight excluding hydrogens is 497 g/mol. The van der Waals surface area contributed by atoms with Crippen LogP contribution in [-0.4, -0.2) is 12.3 Å². The summed E-state index contributed by atoms with van der Waals surface area (Å²) in [5.74, 6) is -0.385. The van der Waals surface area contributed by atoms with Gasteiger partial charge >= 0.3 is 0 Å². The first kappa shape index (κ1) is 26.8. The molecule has 0 heterocycles. The van der Waals surface area contributed by atoms with Gasteiger partial charge in [0.25, 0.3) is 0 Å². The first-order valence-electron chi connectivity index (χ1n) is 11.2. The van der Waals surface area contributed by atoms with Crippen LogP contribution >= 0.6 is 35.5 Å². The number of nitrogens with zero attached hydrogens (tertiary/aromatic N) is 1. The lowest BCUT2D eigenvalue weighted by atomic mass is 9.97. The number of unbranched alkanes of at least 4 members (excludes halogenated alkanes) is 1. The average Bonchev–Trinajstić information content (AvgIpc) is 2.82. The standard InChI is InChI=1S/C26H28ClF3N2S2/c1-3-31-33-15-5-4-6-19-16-21(28)9-13-24(19)18(2)32(26-17-22(29)10-14-25(26)30)34-23-11-7-20(27)8-12-23/h7-14,16-18,31H,3-6,15H2,1-2H3. The van der Waals surface area contributed by atoms with Crippen molar-refractivity contribution in [3.05, 3.63) is 94.3 Å². The number of benzene rings is 3. The summed E-state index contributed by atoms with van der Waals surface area (Å²) in [7, 11) is 0. The second-order valence-electron chi connectivity index (χ2n) is 7.79. The van der Waals surface area contributed by atoms with Crippen LogP contribution in [0.3, 0.4) is 0 Å². The van der Waals surface area contributed by atoms with Crippen molar-refractivity contribution in [2.75, 3.05) is 16.6 Å². The van der Waals surface area contributed by atoms with Crippen LogP contribution in [-0.2, 0) is 6.42 Å². The van der Waals surface area contributed by atoms with E-state index in [2.05, 4.69) is 11.6 Å². The van der Waals surface area contributed by atoms with Gasteiger partial charge in [0.15, 0.2) is 0 Å². The third-order valence-corrected chi connectivity index (χ3v) is 7.69. The highest BCUT2D eigenvalue weighted by Gasteiger charge is 2.24. The normalized spacial score (nSPS) is 12.1. The molecule has 0 amide bonds. The van der Waals surface area contributed by atoms with Crippen LogP contribution in [0.5, 0.6) is 0 Å². The maximum absolute atomic E-state index is 14.9. The summed E-state index contributed by atoms with van der Waals surface area (Å²) in [6.45, 7) is 4.89. The number of aryl methyl sites for hydroxylation is 1. The zero-order valence-electron chi connectivity index (χ0n) is 19.2. The topological polar surface area (TPSA) is 15.3 Å². The summed E-state index contributed by atoms with van der Waals surface area (Å²) in [6, 6.07) is 14.9. The highest BCUT2D eigenvalue weighted by Crippen LogP contribution is 2.40. The number of hydrogen-bond donors (Lipinski definition) is 1. The Balaban J connectivity index is 1.90. The molecule has 3 aromatic rings. The fourth-order valence-corrected chi connectivity index (χ4v) is 5.41. The second-order valence-corrected chi connectivity index (χ2v) is 10.3. The quantitative estimate of drug-likeness (QED) is 0.188. The molecule has 3 aromatic carbocycles. The molecule has 8 heteroatoms. The van der Waals surface area contributed by atoms with Gasteiger partial charge in [0.05, 0.1) is 11.7 Å². The van der Waals surface area contributed by atoms with Crippen molar-refractivity contribution in [3.63, 3.8) is 0 Å². The molecule has 0 fully saturated rings. The minimum absolute atomic E-state index is 0.129. The summed E-state index contributed by atoms with van der Waals surface area (Å²) in [6.07, 6.45) is 2.60. The molecule has 0 saturated carbocycles. The molecule has 1 atom stereocenters. The maximum atomic E-state index is 14.9. The Labute approximate surface area is 213 Å². The lowest BCUT2D eigenvalue weighted by Crippen LogP contribution is -2.22. The van der Waals surface area contributed by atoms with Crippen molar-refractivity contribution in [2.24, 2.45) is 0 Å². The summed E-state index contributed by atoms with van der Waals surface area (Å²) >= 11 is 9.00. The Morgan fingerprint density at radius 1 is 0.941 bits per heavy atom. The Morgan fingerprint density at radius 2 is 1.65 bits per heavy atom. The van der Waals surface area contributed by atoms with Crippen molar-refractivity contribution in [1.29, 1.82) is 0 Å². The van der Waals surface area contributed by atoms with Gasteiger partial charge in [0.2, 0.25) is 0 Å². The second kappa shape index (κ2) is 13.3. The Kier molecular flexibility index (Phi) is 10.5. The van der Waals surface area contributed by atoms with Crippen LogP contribution in [0.2, 0.25) is 5.02 Å². The van der Waals surface area contributed by atoms with E-state index < -0.39 is 11.6 Å². The number of halogens is 4. The van der Waals surface area contributed by atoms with E-state index in [0.717, 1.165) is 53.3 Å². The SMILES string of the molecule is CCNSCCCCc1cc(F)ccc1C(C)N(Sc1ccc(Cl)cc1)c1cc(F)ccc1F. The highest BCUT2D eigenvalue weighted by atomic mass is 35.5. The van der Waals surface area contributed by atoms with Gasteiger partial charge in [0.1, 0.15) is 17.5 Å². The van der Waals surface area contributed by atoms with Gasteiger partial charge in [-0.05, 0) is 97.8 Å². The van der Waals surface area contributed by atoms with Crippen LogP contribution in [0.25, 0.3) is 0 Å². The molecule has 34 heavy (non-hydrogen) atoms. The Bertz CT molecular complexity index is 1070. The predicted molar refractivity (Wildman–Crippen MR) is 140 cm³/mol. The fourth-order valence-electron chi connectivity index (χ4n) is 3.59. The van der Waals surface area contributed by atoms with Gasteiger partial charge in [-0.25, -0.2) is 13.2 Å². The van der Waals surface area contributed by atoms with Crippen LogP contribution in [0, 0.1) is 17.5 Å². The van der Waals surface area contributed by atoms with Gasteiger partial charge in [-0.1, -0.05) is 36.5 Å². The van der Waals surface area contributed by atoms with Crippen molar-refractivity contribution in [1.82, 2.24) is 4.72 Å². The minimum Gasteiger partial charge on any atom is -0.302 e. The molecule has 0 aliphatic heterocycles. The molecule has 0 radical (unpaired) electrons. The van der Waals surface area contributed by atoms with E-state index in [-0.39, 0.29) is 17.5 Å². The van der Waals surface area contributed by atoms with Crippen LogP contribution in [0.1, 0.15) is 43.9 Å². The van der Waals surface area contributed by atoms with E-state index in [0.29, 0.717) is 11.4 Å². The zero-order chi connectivity index (χ0) is 24.5. The predicted octanol–water partition coefficient (Wildman–Crippen LogP) is 8.61. The molecule has 0 aliphatic rings. The summed E-state index contributed by atoms with van der Waals surface area (Å²) in [5, 5.41) is 0.592. The number of hydrogen-bond acceptors (Lipinski definition) is 4. The molecule has 182 valence electrons. The number of rotatable bonds is 12. The molecule has 0 saturated heterocycles. The van der Waals surface area contributed by atoms with E-state index in [9.17, 15) is 13.2 Å². The van der Waals surface area contributed by atoms with Crippen molar-refractivity contribution in [2.45, 2.75) is 44.0 Å². The smallest absolute Gasteiger partial charge is 0.147 e. The molecule has 0 spiro atoms. The largest absolute Gasteiger partial charge is 0.302 e. The number of nitrogens with one attached hydrogen (secondary N) is 1. The van der Waals surface area contributed by atoms with Gasteiger partial charge in [-0.15, -0.1) is 0 Å². The third-order valence-electron chi connectivity index (χ3n) is 5.26. The monoisotopic (exact) mass is 524 g/mol. The summed E-state index contributed by atoms with van der Waals surface area (Å²) < 4.78 is 48.1. The molecular formula is C26H28ClF3N2S2. The highest BCUT2D eigenvalue weighted by molar-refractivity contribution is 8.00. The van der Waals surface area contributed by atoms with Crippen molar-refractivity contribution >= 4 is 41.2 Å². The summed E-state index contributed by atoms with van der Waals surface area (Å²) in [4.78, 5) is 0.823. The molecule has 0 bridgehead atoms. The zero-order valence-corrected chi connectivity index (χ0v) is 21.6. The van der Waals surface area contributed by atoms with E-state index in [1.807, 2.05) is 19.1 Å². The van der Waals surface area contributed by atoms with Crippen molar-refractivity contribution < 1.29 is 13.2 Å². The van der Waals surface area contributed by atoms with E-state index >= 15 is 0 Å². The van der Waals surface area contributed by atoms with Crippen molar-refractivity contribution in [3.8, 4) is 0 Å². The molecule has 1 unspecified atom stereocenters. The van der Waals surface area contributed by atoms with E-state index in [1.165, 1.54) is 24.1 Å². The molecule has 0 aliphatic carbocycles. The molecule has 0 aromatic heterocycles. The van der Waals surface area contributed by atoms with E-state index in [4.69, 9.17) is 11.6 Å². The fraction of sp³-hybridized carbons (Fsp3) is 0.308. The average molecular weight is 525 g/mol. The molecule has 1 N–H and O–H groups in total. The summed E-state index contributed by atoms with van der Waals surface area (Å²) in [5.41, 5.74) is 1.88.